The van der Waals surface area contributed by atoms with Crippen molar-refractivity contribution < 1.29 is 9.53 Å². The third-order valence-corrected chi connectivity index (χ3v) is 4.21. The van der Waals surface area contributed by atoms with Gasteiger partial charge in [-0.05, 0) is 45.2 Å². The number of carbonyl (C=O) groups is 1. The van der Waals surface area contributed by atoms with Gasteiger partial charge in [-0.3, -0.25) is 0 Å². The van der Waals surface area contributed by atoms with Crippen LogP contribution in [-0.4, -0.2) is 53.2 Å². The number of nitrogens with one attached hydrogen (secondary N) is 1. The number of aromatic nitrogens is 2. The highest BCUT2D eigenvalue weighted by atomic mass is 16.6. The van der Waals surface area contributed by atoms with Crippen molar-refractivity contribution in [2.24, 2.45) is 5.92 Å². The number of nitrogens with zero attached hydrogens (tertiary/aromatic N) is 3. The summed E-state index contributed by atoms with van der Waals surface area (Å²) in [5, 5.41) is 0. The molecule has 0 spiro atoms. The summed E-state index contributed by atoms with van der Waals surface area (Å²) in [6.45, 7) is 8.04. The maximum Gasteiger partial charge on any atom is 0.410 e. The number of H-pyrrole nitrogens is 1. The SMILES string of the molecule is CN(C[C@@H]1CCN(C(=O)OC(C)(C)C)C1)c1nc2ccccc2[nH]1. The second-order valence-corrected chi connectivity index (χ2v) is 7.54. The Balaban J connectivity index is 1.57. The van der Waals surface area contributed by atoms with Crippen molar-refractivity contribution in [2.45, 2.75) is 32.8 Å². The normalized spacial score (nSPS) is 18.2. The van der Waals surface area contributed by atoms with Crippen LogP contribution < -0.4 is 4.90 Å². The van der Waals surface area contributed by atoms with Crippen LogP contribution in [0.25, 0.3) is 11.0 Å². The average molecular weight is 330 g/mol. The van der Waals surface area contributed by atoms with E-state index in [0.29, 0.717) is 5.92 Å². The Bertz CT molecular complexity index is 686. The molecule has 6 nitrogen and oxygen atoms in total. The second-order valence-electron chi connectivity index (χ2n) is 7.54. The maximum absolute atomic E-state index is 12.2. The van der Waals surface area contributed by atoms with E-state index >= 15 is 0 Å². The highest BCUT2D eigenvalue weighted by Crippen LogP contribution is 2.22. The van der Waals surface area contributed by atoms with Crippen LogP contribution in [0.15, 0.2) is 24.3 Å². The van der Waals surface area contributed by atoms with Crippen molar-refractivity contribution in [3.8, 4) is 0 Å². The van der Waals surface area contributed by atoms with Gasteiger partial charge in [-0.15, -0.1) is 0 Å². The van der Waals surface area contributed by atoms with Gasteiger partial charge >= 0.3 is 6.09 Å². The molecule has 1 atom stereocenters. The summed E-state index contributed by atoms with van der Waals surface area (Å²) in [6.07, 6.45) is 0.778. The van der Waals surface area contributed by atoms with Crippen LogP contribution in [0.4, 0.5) is 10.7 Å². The molecule has 0 radical (unpaired) electrons. The molecule has 2 aromatic rings. The maximum atomic E-state index is 12.2. The molecular weight excluding hydrogens is 304 g/mol. The van der Waals surface area contributed by atoms with Crippen molar-refractivity contribution in [1.82, 2.24) is 14.9 Å². The van der Waals surface area contributed by atoms with E-state index in [-0.39, 0.29) is 6.09 Å². The highest BCUT2D eigenvalue weighted by Gasteiger charge is 2.30. The number of hydrogen-bond donors (Lipinski definition) is 1. The van der Waals surface area contributed by atoms with Crippen LogP contribution in [0.2, 0.25) is 0 Å². The van der Waals surface area contributed by atoms with E-state index in [1.165, 1.54) is 0 Å². The molecule has 6 heteroatoms. The van der Waals surface area contributed by atoms with E-state index in [9.17, 15) is 4.79 Å². The number of ether oxygens (including phenoxy) is 1. The van der Waals surface area contributed by atoms with Crippen molar-refractivity contribution in [1.29, 1.82) is 0 Å². The van der Waals surface area contributed by atoms with E-state index in [2.05, 4.69) is 14.9 Å². The fraction of sp³-hybridized carbons (Fsp3) is 0.556. The standard InChI is InChI=1S/C18H26N4O2/c1-18(2,3)24-17(23)22-10-9-13(12-22)11-21(4)16-19-14-7-5-6-8-15(14)20-16/h5-8,13H,9-12H2,1-4H3,(H,19,20)/t13-/m0/s1. The van der Waals surface area contributed by atoms with Gasteiger partial charge in [0.15, 0.2) is 0 Å². The fourth-order valence-corrected chi connectivity index (χ4v) is 3.07. The summed E-state index contributed by atoms with van der Waals surface area (Å²) in [4.78, 5) is 24.1. The molecule has 0 aliphatic carbocycles. The molecule has 1 N–H and O–H groups in total. The molecular formula is C18H26N4O2. The number of likely N-dealkylation sites (tertiary alicyclic amines) is 1. The second kappa shape index (κ2) is 6.34. The Morgan fingerprint density at radius 2 is 2.17 bits per heavy atom. The number of aromatic amines is 1. The first-order chi connectivity index (χ1) is 11.3. The zero-order valence-electron chi connectivity index (χ0n) is 14.9. The van der Waals surface area contributed by atoms with Crippen LogP contribution in [0.3, 0.4) is 0 Å². The number of imidazole rings is 1. The summed E-state index contributed by atoms with van der Waals surface area (Å²) < 4.78 is 5.45. The molecule has 2 heterocycles. The van der Waals surface area contributed by atoms with E-state index in [1.807, 2.05) is 57.0 Å². The molecule has 1 aliphatic heterocycles. The average Bonchev–Trinajstić information content (AvgIpc) is 3.11. The molecule has 1 amide bonds. The predicted molar refractivity (Wildman–Crippen MR) is 95.3 cm³/mol. The number of carbonyl (C=O) groups excluding carboxylic acids is 1. The van der Waals surface area contributed by atoms with Crippen LogP contribution in [0.1, 0.15) is 27.2 Å². The predicted octanol–water partition coefficient (Wildman–Crippen LogP) is 3.26. The Morgan fingerprint density at radius 3 is 2.88 bits per heavy atom. The van der Waals surface area contributed by atoms with Gasteiger partial charge in [-0.25, -0.2) is 9.78 Å². The molecule has 130 valence electrons. The number of fused-ring (bicyclic) bond motifs is 1. The fourth-order valence-electron chi connectivity index (χ4n) is 3.07. The van der Waals surface area contributed by atoms with Gasteiger partial charge in [0, 0.05) is 26.7 Å². The zero-order valence-corrected chi connectivity index (χ0v) is 14.9. The first kappa shape index (κ1) is 16.6. The topological polar surface area (TPSA) is 61.5 Å². The monoisotopic (exact) mass is 330 g/mol. The van der Waals surface area contributed by atoms with Gasteiger partial charge in [0.25, 0.3) is 0 Å². The Morgan fingerprint density at radius 1 is 1.42 bits per heavy atom. The van der Waals surface area contributed by atoms with Gasteiger partial charge < -0.3 is 19.5 Å². The minimum atomic E-state index is -0.444. The van der Waals surface area contributed by atoms with Crippen molar-refractivity contribution in [2.75, 3.05) is 31.6 Å². The zero-order chi connectivity index (χ0) is 17.3. The van der Waals surface area contributed by atoms with Gasteiger partial charge in [-0.1, -0.05) is 12.1 Å². The number of anilines is 1. The summed E-state index contributed by atoms with van der Waals surface area (Å²) in [6, 6.07) is 8.02. The molecule has 1 aliphatic rings. The Labute approximate surface area is 142 Å². The van der Waals surface area contributed by atoms with E-state index in [4.69, 9.17) is 4.74 Å². The molecule has 3 rings (SSSR count). The van der Waals surface area contributed by atoms with Crippen molar-refractivity contribution in [3.63, 3.8) is 0 Å². The first-order valence-electron chi connectivity index (χ1n) is 8.45. The highest BCUT2D eigenvalue weighted by molar-refractivity contribution is 5.77. The molecule has 0 bridgehead atoms. The number of amides is 1. The molecule has 1 aromatic heterocycles. The molecule has 0 saturated carbocycles. The minimum absolute atomic E-state index is 0.212. The lowest BCUT2D eigenvalue weighted by Crippen LogP contribution is -2.36. The van der Waals surface area contributed by atoms with Gasteiger partial charge in [0.05, 0.1) is 11.0 Å². The lowest BCUT2D eigenvalue weighted by molar-refractivity contribution is 0.0288. The van der Waals surface area contributed by atoms with Crippen molar-refractivity contribution >= 4 is 23.1 Å². The van der Waals surface area contributed by atoms with E-state index in [0.717, 1.165) is 43.0 Å². The van der Waals surface area contributed by atoms with Crippen LogP contribution >= 0.6 is 0 Å². The van der Waals surface area contributed by atoms with Crippen LogP contribution in [-0.2, 0) is 4.74 Å². The molecule has 1 aromatic carbocycles. The van der Waals surface area contributed by atoms with Gasteiger partial charge in [-0.2, -0.15) is 0 Å². The van der Waals surface area contributed by atoms with Crippen LogP contribution in [0.5, 0.6) is 0 Å². The molecule has 0 unspecified atom stereocenters. The van der Waals surface area contributed by atoms with Crippen molar-refractivity contribution in [3.05, 3.63) is 24.3 Å². The summed E-state index contributed by atoms with van der Waals surface area (Å²) in [7, 11) is 2.04. The number of hydrogen-bond acceptors (Lipinski definition) is 4. The first-order valence-corrected chi connectivity index (χ1v) is 8.45. The number of rotatable bonds is 3. The van der Waals surface area contributed by atoms with Crippen LogP contribution in [0, 0.1) is 5.92 Å². The summed E-state index contributed by atoms with van der Waals surface area (Å²) in [5.74, 6) is 1.29. The molecule has 1 fully saturated rings. The van der Waals surface area contributed by atoms with Gasteiger partial charge in [0.1, 0.15) is 5.60 Å². The Hall–Kier alpha value is -2.24. The lowest BCUT2D eigenvalue weighted by atomic mass is 10.1. The number of para-hydroxylation sites is 2. The van der Waals surface area contributed by atoms with E-state index < -0.39 is 5.60 Å². The molecule has 1 saturated heterocycles. The lowest BCUT2D eigenvalue weighted by Gasteiger charge is -2.25. The minimum Gasteiger partial charge on any atom is -0.444 e. The van der Waals surface area contributed by atoms with E-state index in [1.54, 1.807) is 0 Å². The molecule has 24 heavy (non-hydrogen) atoms. The largest absolute Gasteiger partial charge is 0.444 e. The smallest absolute Gasteiger partial charge is 0.410 e. The third-order valence-electron chi connectivity index (χ3n) is 4.21. The third kappa shape index (κ3) is 3.80. The number of benzene rings is 1. The quantitative estimate of drug-likeness (QED) is 0.938. The Kier molecular flexibility index (Phi) is 4.39. The van der Waals surface area contributed by atoms with Gasteiger partial charge in [0.2, 0.25) is 5.95 Å². The summed E-state index contributed by atoms with van der Waals surface area (Å²) >= 11 is 0. The summed E-state index contributed by atoms with van der Waals surface area (Å²) in [5.41, 5.74) is 1.57.